The van der Waals surface area contributed by atoms with Gasteiger partial charge in [0, 0.05) is 25.6 Å². The zero-order chi connectivity index (χ0) is 52.8. The van der Waals surface area contributed by atoms with Crippen molar-refractivity contribution in [3.8, 4) is 0 Å². The number of amides is 1. The third-order valence-electron chi connectivity index (χ3n) is 18.1. The smallest absolute Gasteiger partial charge is 0.407 e. The molecule has 0 aromatic carbocycles. The van der Waals surface area contributed by atoms with E-state index in [0.29, 0.717) is 23.7 Å². The van der Waals surface area contributed by atoms with Gasteiger partial charge in [-0.2, -0.15) is 0 Å². The van der Waals surface area contributed by atoms with E-state index in [1.807, 2.05) is 0 Å². The van der Waals surface area contributed by atoms with Crippen LogP contribution in [0.4, 0.5) is 4.79 Å². The van der Waals surface area contributed by atoms with Gasteiger partial charge in [-0.15, -0.1) is 0 Å². The van der Waals surface area contributed by atoms with Crippen LogP contribution in [0.15, 0.2) is 11.6 Å². The van der Waals surface area contributed by atoms with Crippen molar-refractivity contribution in [1.82, 2.24) is 5.32 Å². The minimum atomic E-state index is -1.58. The number of carbonyl (C=O) groups is 1. The summed E-state index contributed by atoms with van der Waals surface area (Å²) in [6.07, 6.45) is -4.11. The second kappa shape index (κ2) is 26.1. The van der Waals surface area contributed by atoms with Crippen molar-refractivity contribution in [2.24, 2.45) is 69.3 Å². The molecule has 3 saturated carbocycles. The molecule has 0 spiro atoms. The van der Waals surface area contributed by atoms with Gasteiger partial charge < -0.3 is 102 Å². The van der Waals surface area contributed by atoms with Gasteiger partial charge in [-0.1, -0.05) is 65.5 Å². The molecule has 0 aromatic heterocycles. The highest BCUT2D eigenvalue weighted by molar-refractivity contribution is 5.67. The van der Waals surface area contributed by atoms with Gasteiger partial charge >= 0.3 is 6.09 Å². The highest BCUT2D eigenvalue weighted by atomic mass is 16.7. The SMILES string of the molecule is CC(C)CCCC(C)[C@H]1CCC2C3CC=C4CC(OC(=O)NCC5O[C@H](OC(CO)[C@@H](CO)OCOC(C(O)[C@@H](C)N)[C@@H](CN)O[C@H]6OC(CO)[C@@H](O)C(O)C6N)C(N)C(O)[C@@H]5O)CC[C@]4(C)C3CC[C@@]21C. The van der Waals surface area contributed by atoms with Crippen LogP contribution in [0, 0.1) is 46.3 Å². The Bertz CT molecular complexity index is 1720. The maximum atomic E-state index is 13.3. The predicted molar refractivity (Wildman–Crippen MR) is 263 cm³/mol. The van der Waals surface area contributed by atoms with Gasteiger partial charge in [-0.25, -0.2) is 4.79 Å². The zero-order valence-electron chi connectivity index (χ0n) is 43.5. The van der Waals surface area contributed by atoms with Gasteiger partial charge in [0.05, 0.1) is 38.0 Å². The number of nitrogens with two attached hydrogens (primary N) is 4. The number of nitrogens with one attached hydrogen (secondary N) is 1. The van der Waals surface area contributed by atoms with E-state index in [-0.39, 0.29) is 24.6 Å². The summed E-state index contributed by atoms with van der Waals surface area (Å²) in [4.78, 5) is 13.3. The van der Waals surface area contributed by atoms with Crippen LogP contribution in [0.3, 0.4) is 0 Å². The van der Waals surface area contributed by atoms with Gasteiger partial charge in [0.2, 0.25) is 0 Å². The van der Waals surface area contributed by atoms with Gasteiger partial charge in [-0.3, -0.25) is 0 Å². The van der Waals surface area contributed by atoms with E-state index < -0.39 is 131 Å². The first-order valence-corrected chi connectivity index (χ1v) is 26.8. The number of aliphatic hydroxyl groups excluding tert-OH is 8. The van der Waals surface area contributed by atoms with Gasteiger partial charge in [0.25, 0.3) is 0 Å². The van der Waals surface area contributed by atoms with Gasteiger partial charge in [0.1, 0.15) is 73.9 Å². The Kier molecular flexibility index (Phi) is 21.6. The molecule has 72 heavy (non-hydrogen) atoms. The van der Waals surface area contributed by atoms with E-state index in [9.17, 15) is 45.6 Å². The molecule has 5 fully saturated rings. The number of allylic oxidation sites excluding steroid dienone is 1. The summed E-state index contributed by atoms with van der Waals surface area (Å²) in [6.45, 7) is 10.3. The molecule has 2 aliphatic heterocycles. The quantitative estimate of drug-likeness (QED) is 0.0440. The van der Waals surface area contributed by atoms with E-state index in [2.05, 4.69) is 46.0 Å². The van der Waals surface area contributed by atoms with Gasteiger partial charge in [-0.05, 0) is 98.2 Å². The van der Waals surface area contributed by atoms with Crippen LogP contribution in [0.5, 0.6) is 0 Å². The minimum absolute atomic E-state index is 0.0750. The lowest BCUT2D eigenvalue weighted by Crippen LogP contribution is -2.64. The molecule has 21 nitrogen and oxygen atoms in total. The maximum Gasteiger partial charge on any atom is 0.407 e. The lowest BCUT2D eigenvalue weighted by molar-refractivity contribution is -0.300. The molecule has 0 aromatic rings. The number of fused-ring (bicyclic) bond motifs is 5. The summed E-state index contributed by atoms with van der Waals surface area (Å²) < 4.78 is 40.9. The van der Waals surface area contributed by atoms with Crippen molar-refractivity contribution in [3.63, 3.8) is 0 Å². The Morgan fingerprint density at radius 3 is 2.07 bits per heavy atom. The number of aliphatic hydroxyl groups is 8. The first-order chi connectivity index (χ1) is 34.1. The fourth-order valence-electron chi connectivity index (χ4n) is 13.7. The third kappa shape index (κ3) is 13.2. The Labute approximate surface area is 425 Å². The number of ether oxygens (including phenoxy) is 7. The molecule has 0 radical (unpaired) electrons. The molecule has 24 atom stereocenters. The highest BCUT2D eigenvalue weighted by Crippen LogP contribution is 2.67. The Morgan fingerprint density at radius 2 is 1.46 bits per heavy atom. The molecule has 418 valence electrons. The maximum absolute atomic E-state index is 13.3. The van der Waals surface area contributed by atoms with Crippen LogP contribution in [0.25, 0.3) is 0 Å². The van der Waals surface area contributed by atoms with Crippen molar-refractivity contribution in [1.29, 1.82) is 0 Å². The van der Waals surface area contributed by atoms with Crippen molar-refractivity contribution in [2.75, 3.05) is 39.7 Å². The van der Waals surface area contributed by atoms with E-state index in [1.54, 1.807) is 0 Å². The van der Waals surface area contributed by atoms with Crippen molar-refractivity contribution >= 4 is 6.09 Å². The number of hydrogen-bond donors (Lipinski definition) is 13. The lowest BCUT2D eigenvalue weighted by atomic mass is 9.47. The molecule has 4 aliphatic carbocycles. The predicted octanol–water partition coefficient (Wildman–Crippen LogP) is -0.187. The minimum Gasteiger partial charge on any atom is -0.446 e. The highest BCUT2D eigenvalue weighted by Gasteiger charge is 2.59. The second-order valence-electron chi connectivity index (χ2n) is 23.1. The van der Waals surface area contributed by atoms with Crippen LogP contribution < -0.4 is 28.3 Å². The molecule has 21 heteroatoms. The monoisotopic (exact) mass is 1030 g/mol. The molecule has 14 unspecified atom stereocenters. The zero-order valence-corrected chi connectivity index (χ0v) is 43.5. The van der Waals surface area contributed by atoms with Crippen LogP contribution in [0.2, 0.25) is 0 Å². The molecule has 17 N–H and O–H groups in total. The largest absolute Gasteiger partial charge is 0.446 e. The summed E-state index contributed by atoms with van der Waals surface area (Å²) in [5, 5.41) is 86.6. The average Bonchev–Trinajstić information content (AvgIpc) is 3.72. The Balaban J connectivity index is 0.996. The van der Waals surface area contributed by atoms with Crippen molar-refractivity contribution in [2.45, 2.75) is 216 Å². The number of carbonyl (C=O) groups excluding carboxylic acids is 1. The Hall–Kier alpha value is -1.71. The van der Waals surface area contributed by atoms with E-state index in [1.165, 1.54) is 57.4 Å². The average molecular weight is 1030 g/mol. The molecular formula is C51H93N5O16. The van der Waals surface area contributed by atoms with E-state index in [4.69, 9.17) is 56.1 Å². The second-order valence-corrected chi connectivity index (χ2v) is 23.1. The molecule has 6 aliphatic rings. The summed E-state index contributed by atoms with van der Waals surface area (Å²) in [7, 11) is 0. The normalized spacial score (nSPS) is 40.9. The summed E-state index contributed by atoms with van der Waals surface area (Å²) >= 11 is 0. The van der Waals surface area contributed by atoms with Crippen molar-refractivity contribution < 1.29 is 78.8 Å². The van der Waals surface area contributed by atoms with Crippen LogP contribution >= 0.6 is 0 Å². The summed E-state index contributed by atoms with van der Waals surface area (Å²) in [6, 6.07) is -3.52. The number of hydrogen-bond acceptors (Lipinski definition) is 20. The van der Waals surface area contributed by atoms with Crippen LogP contribution in [-0.4, -0.2) is 191 Å². The fourth-order valence-corrected chi connectivity index (χ4v) is 13.7. The molecule has 1 amide bonds. The first-order valence-electron chi connectivity index (χ1n) is 26.8. The van der Waals surface area contributed by atoms with E-state index >= 15 is 0 Å². The molecule has 2 saturated heterocycles. The topological polar surface area (TPSA) is 360 Å². The summed E-state index contributed by atoms with van der Waals surface area (Å²) in [5.74, 6) is 4.36. The number of rotatable bonds is 24. The number of alkyl carbamates (subject to hydrolysis) is 1. The molecular weight excluding hydrogens is 939 g/mol. The van der Waals surface area contributed by atoms with Crippen LogP contribution in [0.1, 0.15) is 112 Å². The molecule has 6 rings (SSSR count). The standard InChI is InChI=1S/C51H93N5O16/c1-25(2)8-7-9-26(3)31-12-13-32-30-11-10-28-18-29(14-16-50(28,5)33(30)15-17-51(31,32)6)68-49(65)56-20-35-42(61)44(63)39(54)48(70-35)71-37(22-58)36(21-57)66-24-67-46(41(60)27(4)53)34(19-52)69-47-40(55)45(64)43(62)38(23-59)72-47/h10,25-27,29-48,57-64H,7-9,11-24,52-55H2,1-6H3,(H,56,65)/t26?,27-,29?,30?,31-,32?,33?,34-,35?,36-,37?,38?,39?,40?,41?,42-,43-,44?,45?,46?,47+,48-,50+,51-/m1/s1. The molecule has 0 bridgehead atoms. The van der Waals surface area contributed by atoms with E-state index in [0.717, 1.165) is 42.9 Å². The third-order valence-corrected chi connectivity index (χ3v) is 18.1. The molecule has 2 heterocycles. The summed E-state index contributed by atoms with van der Waals surface area (Å²) in [5.41, 5.74) is 26.1. The van der Waals surface area contributed by atoms with Crippen LogP contribution in [-0.2, 0) is 33.2 Å². The lowest BCUT2D eigenvalue weighted by Gasteiger charge is -2.58. The first kappa shape index (κ1) is 59.5. The van der Waals surface area contributed by atoms with Crippen molar-refractivity contribution in [3.05, 3.63) is 11.6 Å². The Morgan fingerprint density at radius 1 is 0.819 bits per heavy atom. The fraction of sp³-hybridized carbons (Fsp3) is 0.941. The van der Waals surface area contributed by atoms with Gasteiger partial charge in [0.15, 0.2) is 12.6 Å².